The van der Waals surface area contributed by atoms with E-state index in [1.165, 1.54) is 12.1 Å². The predicted octanol–water partition coefficient (Wildman–Crippen LogP) is 3.48. The molecule has 5 unspecified atom stereocenters. The number of hydrogen-bond donors (Lipinski definition) is 6. The maximum Gasteiger partial charge on any atom is 0.334 e. The first-order valence-electron chi connectivity index (χ1n) is 19.5. The van der Waals surface area contributed by atoms with Gasteiger partial charge >= 0.3 is 5.97 Å². The number of carbonyl (C=O) groups is 7. The molecule has 0 saturated heterocycles. The van der Waals surface area contributed by atoms with Crippen molar-refractivity contribution in [2.45, 2.75) is 156 Å². The second kappa shape index (κ2) is 28.4. The summed E-state index contributed by atoms with van der Waals surface area (Å²) < 4.78 is 5.47. The van der Waals surface area contributed by atoms with Crippen LogP contribution in [0.25, 0.3) is 0 Å². The van der Waals surface area contributed by atoms with E-state index in [1.54, 1.807) is 27.7 Å². The Bertz CT molecular complexity index is 1390. The zero-order valence-corrected chi connectivity index (χ0v) is 33.7. The number of benzene rings is 1. The molecule has 0 aliphatic heterocycles. The summed E-state index contributed by atoms with van der Waals surface area (Å²) in [4.78, 5) is 100. The van der Waals surface area contributed by atoms with E-state index in [9.17, 15) is 43.7 Å². The van der Waals surface area contributed by atoms with Gasteiger partial charge in [-0.15, -0.1) is 0 Å². The van der Waals surface area contributed by atoms with E-state index in [0.717, 1.165) is 12.1 Å². The van der Waals surface area contributed by atoms with Gasteiger partial charge in [0, 0.05) is 44.4 Å². The van der Waals surface area contributed by atoms with Gasteiger partial charge in [-0.05, 0) is 44.2 Å². The summed E-state index contributed by atoms with van der Waals surface area (Å²) in [5.41, 5.74) is -0.215. The molecule has 1 aromatic carbocycles. The van der Waals surface area contributed by atoms with Crippen LogP contribution < -0.4 is 36.6 Å². The van der Waals surface area contributed by atoms with E-state index in [4.69, 9.17) is 4.74 Å². The number of non-ortho nitro benzene ring substituents is 1. The Morgan fingerprint density at radius 1 is 0.618 bits per heavy atom. The van der Waals surface area contributed by atoms with Crippen molar-refractivity contribution < 1.29 is 43.2 Å². The van der Waals surface area contributed by atoms with E-state index >= 15 is 0 Å². The molecule has 6 N–H and O–H groups in total. The van der Waals surface area contributed by atoms with Crippen molar-refractivity contribution in [1.29, 1.82) is 0 Å². The lowest BCUT2D eigenvalue weighted by Gasteiger charge is -2.29. The minimum absolute atomic E-state index is 0.000942. The van der Waals surface area contributed by atoms with Crippen molar-refractivity contribution in [3.05, 3.63) is 34.4 Å². The summed E-state index contributed by atoms with van der Waals surface area (Å²) in [6.45, 7) is 14.5. The highest BCUT2D eigenvalue weighted by molar-refractivity contribution is 5.92. The highest BCUT2D eigenvalue weighted by Crippen LogP contribution is 2.19. The second-order valence-electron chi connectivity index (χ2n) is 12.5. The number of nitrogens with zero attached hydrogens (tertiary/aromatic N) is 1. The summed E-state index contributed by atoms with van der Waals surface area (Å²) in [6, 6.07) is -0.0725. The third-order valence-corrected chi connectivity index (χ3v) is 8.27. The summed E-state index contributed by atoms with van der Waals surface area (Å²) >= 11 is 0. The third kappa shape index (κ3) is 19.2. The molecular weight excluding hydrogens is 714 g/mol. The Morgan fingerprint density at radius 3 is 1.47 bits per heavy atom. The molecular formula is C38H63N7O10. The first kappa shape index (κ1) is 49.9. The third-order valence-electron chi connectivity index (χ3n) is 8.27. The van der Waals surface area contributed by atoms with Crippen LogP contribution in [-0.4, -0.2) is 83.1 Å². The van der Waals surface area contributed by atoms with Gasteiger partial charge in [0.05, 0.1) is 17.0 Å². The fourth-order valence-electron chi connectivity index (χ4n) is 5.26. The molecule has 17 heteroatoms. The molecule has 0 aromatic heterocycles. The molecule has 17 nitrogen and oxygen atoms in total. The number of nitro benzene ring substituents is 1. The number of rotatable bonds is 25. The fourth-order valence-corrected chi connectivity index (χ4v) is 5.26. The Balaban J connectivity index is 0.0000143. The van der Waals surface area contributed by atoms with Crippen LogP contribution in [-0.2, 0) is 33.6 Å². The Kier molecular flexibility index (Phi) is 25.7. The van der Waals surface area contributed by atoms with Gasteiger partial charge in [-0.25, -0.2) is 4.79 Å². The van der Waals surface area contributed by atoms with Crippen LogP contribution in [0.2, 0.25) is 0 Å². The van der Waals surface area contributed by atoms with Gasteiger partial charge in [-0.3, -0.25) is 38.9 Å². The van der Waals surface area contributed by atoms with E-state index in [-0.39, 0.29) is 74.2 Å². The van der Waals surface area contributed by atoms with Crippen LogP contribution in [0.15, 0.2) is 24.3 Å². The number of nitrogens with one attached hydrogen (secondary N) is 6. The molecule has 1 aromatic rings. The SMILES string of the molecule is CC.CCCC(NC(=O)CC)C(NC(=O)CC)C(=O)NCCCCC(NC(=O)C(NC(=O)CC)C(CCC)NC(=O)CC)C(=O)Oc1ccc([N+](=O)[O-])cc1. The van der Waals surface area contributed by atoms with Crippen molar-refractivity contribution in [3.8, 4) is 5.75 Å². The summed E-state index contributed by atoms with van der Waals surface area (Å²) in [6.07, 6.45) is 3.24. The van der Waals surface area contributed by atoms with Crippen LogP contribution in [0.1, 0.15) is 126 Å². The number of hydrogen-bond acceptors (Lipinski definition) is 10. The van der Waals surface area contributed by atoms with Gasteiger partial charge in [0.2, 0.25) is 35.4 Å². The monoisotopic (exact) mass is 777 g/mol. The van der Waals surface area contributed by atoms with Crippen LogP contribution in [0.4, 0.5) is 5.69 Å². The minimum Gasteiger partial charge on any atom is -0.425 e. The molecule has 0 spiro atoms. The van der Waals surface area contributed by atoms with Crippen molar-refractivity contribution in [2.24, 2.45) is 0 Å². The molecule has 0 aliphatic carbocycles. The fraction of sp³-hybridized carbons (Fsp3) is 0.658. The summed E-state index contributed by atoms with van der Waals surface area (Å²) in [5, 5.41) is 27.5. The van der Waals surface area contributed by atoms with Crippen LogP contribution in [0, 0.1) is 10.1 Å². The molecule has 5 atom stereocenters. The number of carbonyl (C=O) groups excluding carboxylic acids is 7. The lowest BCUT2D eigenvalue weighted by Crippen LogP contribution is -2.60. The predicted molar refractivity (Wildman–Crippen MR) is 208 cm³/mol. The Labute approximate surface area is 324 Å². The zero-order chi connectivity index (χ0) is 41.9. The smallest absolute Gasteiger partial charge is 0.334 e. The summed E-state index contributed by atoms with van der Waals surface area (Å²) in [5.74, 6) is -3.48. The topological polar surface area (TPSA) is 244 Å². The van der Waals surface area contributed by atoms with Crippen molar-refractivity contribution in [1.82, 2.24) is 31.9 Å². The molecule has 310 valence electrons. The standard InChI is InChI=1S/C36H57N7O10.C2H6/c1-7-15-25(38-28(44)9-3)32(41-30(46)11-5)34(48)37-22-14-13-17-27(36(50)53-24-20-18-23(19-21-24)43(51)52)40-35(49)33(42-31(47)12-6)26(16-8-2)39-29(45)10-4;1-2/h18-21,25-27,32-33H,7-17,22H2,1-6H3,(H,37,48)(H,38,44)(H,39,45)(H,40,49)(H,41,46)(H,42,47);1-2H3. The van der Waals surface area contributed by atoms with Gasteiger partial charge < -0.3 is 36.6 Å². The van der Waals surface area contributed by atoms with Crippen LogP contribution in [0.3, 0.4) is 0 Å². The maximum atomic E-state index is 13.8. The maximum absolute atomic E-state index is 13.8. The average Bonchev–Trinajstić information content (AvgIpc) is 3.18. The molecule has 0 saturated carbocycles. The normalized spacial score (nSPS) is 13.2. The van der Waals surface area contributed by atoms with Crippen molar-refractivity contribution >= 4 is 47.1 Å². The van der Waals surface area contributed by atoms with Gasteiger partial charge in [-0.1, -0.05) is 68.2 Å². The number of ether oxygens (including phenoxy) is 1. The molecule has 0 heterocycles. The molecule has 0 bridgehead atoms. The molecule has 1 rings (SSSR count). The number of nitro groups is 1. The molecule has 0 fully saturated rings. The number of unbranched alkanes of at least 4 members (excludes halogenated alkanes) is 1. The first-order valence-corrected chi connectivity index (χ1v) is 19.5. The second-order valence-corrected chi connectivity index (χ2v) is 12.5. The van der Waals surface area contributed by atoms with E-state index in [0.29, 0.717) is 32.1 Å². The van der Waals surface area contributed by atoms with Gasteiger partial charge in [0.1, 0.15) is 23.9 Å². The lowest BCUT2D eigenvalue weighted by atomic mass is 10.00. The largest absolute Gasteiger partial charge is 0.425 e. The van der Waals surface area contributed by atoms with Gasteiger partial charge in [0.15, 0.2) is 0 Å². The Hall–Kier alpha value is -5.09. The molecule has 0 radical (unpaired) electrons. The highest BCUT2D eigenvalue weighted by atomic mass is 16.6. The van der Waals surface area contributed by atoms with Crippen LogP contribution in [0.5, 0.6) is 5.75 Å². The summed E-state index contributed by atoms with van der Waals surface area (Å²) in [7, 11) is 0. The van der Waals surface area contributed by atoms with Gasteiger partial charge in [0.25, 0.3) is 5.69 Å². The van der Waals surface area contributed by atoms with Gasteiger partial charge in [-0.2, -0.15) is 0 Å². The molecule has 0 aliphatic rings. The molecule has 55 heavy (non-hydrogen) atoms. The van der Waals surface area contributed by atoms with E-state index in [1.807, 2.05) is 27.7 Å². The quantitative estimate of drug-likeness (QED) is 0.0278. The van der Waals surface area contributed by atoms with E-state index < -0.39 is 58.8 Å². The number of esters is 1. The zero-order valence-electron chi connectivity index (χ0n) is 33.7. The minimum atomic E-state index is -1.26. The Morgan fingerprint density at radius 2 is 1.05 bits per heavy atom. The van der Waals surface area contributed by atoms with Crippen LogP contribution >= 0.6 is 0 Å². The lowest BCUT2D eigenvalue weighted by molar-refractivity contribution is -0.384. The van der Waals surface area contributed by atoms with Crippen molar-refractivity contribution in [2.75, 3.05) is 6.54 Å². The molecule has 6 amide bonds. The number of amides is 6. The first-order chi connectivity index (χ1) is 26.2. The van der Waals surface area contributed by atoms with E-state index in [2.05, 4.69) is 31.9 Å². The highest BCUT2D eigenvalue weighted by Gasteiger charge is 2.34. The average molecular weight is 778 g/mol. The van der Waals surface area contributed by atoms with Crippen molar-refractivity contribution in [3.63, 3.8) is 0 Å².